The van der Waals surface area contributed by atoms with Gasteiger partial charge in [-0.1, -0.05) is 15.9 Å². The molecule has 3 rings (SSSR count). The Balaban J connectivity index is 1.89. The van der Waals surface area contributed by atoms with Crippen LogP contribution in [0.15, 0.2) is 39.2 Å². The predicted molar refractivity (Wildman–Crippen MR) is 75.2 cm³/mol. The van der Waals surface area contributed by atoms with E-state index >= 15 is 0 Å². The Morgan fingerprint density at radius 3 is 2.95 bits per heavy atom. The maximum atomic E-state index is 12.0. The highest BCUT2D eigenvalue weighted by atomic mass is 79.9. The van der Waals surface area contributed by atoms with E-state index in [4.69, 9.17) is 4.42 Å². The second-order valence-electron chi connectivity index (χ2n) is 4.18. The van der Waals surface area contributed by atoms with Crippen molar-refractivity contribution in [3.63, 3.8) is 0 Å². The van der Waals surface area contributed by atoms with E-state index in [0.29, 0.717) is 11.4 Å². The van der Waals surface area contributed by atoms with Gasteiger partial charge in [-0.2, -0.15) is 5.10 Å². The Hall–Kier alpha value is -2.08. The van der Waals surface area contributed by atoms with Gasteiger partial charge in [0.2, 0.25) is 0 Å². The minimum Gasteiger partial charge on any atom is -0.451 e. The molecule has 3 aromatic rings. The number of nitrogens with zero attached hydrogens (tertiary/aromatic N) is 1. The minimum atomic E-state index is -0.321. The highest BCUT2D eigenvalue weighted by Crippen LogP contribution is 2.23. The van der Waals surface area contributed by atoms with Crippen LogP contribution in [0.4, 0.5) is 5.82 Å². The van der Waals surface area contributed by atoms with Crippen molar-refractivity contribution in [1.82, 2.24) is 10.2 Å². The largest absolute Gasteiger partial charge is 0.451 e. The van der Waals surface area contributed by atoms with Gasteiger partial charge in [0.1, 0.15) is 5.58 Å². The second-order valence-corrected chi connectivity index (χ2v) is 5.10. The van der Waals surface area contributed by atoms with Crippen molar-refractivity contribution in [1.29, 1.82) is 0 Å². The van der Waals surface area contributed by atoms with E-state index in [1.165, 1.54) is 0 Å². The molecular weight excluding hydrogens is 310 g/mol. The molecule has 96 valence electrons. The molecule has 2 heterocycles. The number of carbonyl (C=O) groups is 1. The summed E-state index contributed by atoms with van der Waals surface area (Å²) < 4.78 is 6.42. The Morgan fingerprint density at radius 2 is 2.21 bits per heavy atom. The molecule has 0 aliphatic carbocycles. The number of aromatic amines is 1. The number of carbonyl (C=O) groups excluding carboxylic acids is 1. The fourth-order valence-electron chi connectivity index (χ4n) is 1.78. The van der Waals surface area contributed by atoms with Gasteiger partial charge >= 0.3 is 0 Å². The fraction of sp³-hybridized carbons (Fsp3) is 0.0769. The van der Waals surface area contributed by atoms with E-state index in [2.05, 4.69) is 31.4 Å². The summed E-state index contributed by atoms with van der Waals surface area (Å²) in [4.78, 5) is 12.0. The first-order chi connectivity index (χ1) is 9.11. The third-order valence-corrected chi connectivity index (χ3v) is 3.15. The van der Waals surface area contributed by atoms with Gasteiger partial charge < -0.3 is 9.73 Å². The molecule has 2 N–H and O–H groups in total. The van der Waals surface area contributed by atoms with Gasteiger partial charge in [0, 0.05) is 21.6 Å². The minimum absolute atomic E-state index is 0.258. The van der Waals surface area contributed by atoms with Crippen molar-refractivity contribution in [2.24, 2.45) is 0 Å². The van der Waals surface area contributed by atoms with Crippen LogP contribution < -0.4 is 5.32 Å². The number of rotatable bonds is 2. The van der Waals surface area contributed by atoms with Crippen molar-refractivity contribution < 1.29 is 9.21 Å². The van der Waals surface area contributed by atoms with Crippen LogP contribution in [0.3, 0.4) is 0 Å². The number of H-pyrrole nitrogens is 1. The number of hydrogen-bond donors (Lipinski definition) is 2. The first-order valence-electron chi connectivity index (χ1n) is 5.64. The predicted octanol–water partition coefficient (Wildman–Crippen LogP) is 3.48. The number of anilines is 1. The van der Waals surface area contributed by atoms with Crippen LogP contribution in [-0.4, -0.2) is 16.1 Å². The first-order valence-corrected chi connectivity index (χ1v) is 6.43. The van der Waals surface area contributed by atoms with Gasteiger partial charge in [-0.15, -0.1) is 0 Å². The Bertz CT molecular complexity index is 760. The number of benzene rings is 1. The molecule has 0 fully saturated rings. The monoisotopic (exact) mass is 319 g/mol. The van der Waals surface area contributed by atoms with Crippen molar-refractivity contribution >= 4 is 38.6 Å². The Labute approximate surface area is 117 Å². The molecule has 0 bridgehead atoms. The normalized spacial score (nSPS) is 10.8. The smallest absolute Gasteiger partial charge is 0.292 e. The van der Waals surface area contributed by atoms with E-state index in [1.807, 2.05) is 25.1 Å². The van der Waals surface area contributed by atoms with Gasteiger partial charge in [0.15, 0.2) is 11.6 Å². The summed E-state index contributed by atoms with van der Waals surface area (Å²) in [5.41, 5.74) is 1.54. The molecule has 0 spiro atoms. The zero-order valence-electron chi connectivity index (χ0n) is 10.0. The summed E-state index contributed by atoms with van der Waals surface area (Å²) in [7, 11) is 0. The van der Waals surface area contributed by atoms with Gasteiger partial charge in [0.05, 0.1) is 0 Å². The van der Waals surface area contributed by atoms with E-state index in [1.54, 1.807) is 12.1 Å². The van der Waals surface area contributed by atoms with Crippen molar-refractivity contribution in [3.8, 4) is 0 Å². The van der Waals surface area contributed by atoms with Crippen molar-refractivity contribution in [2.45, 2.75) is 6.92 Å². The van der Waals surface area contributed by atoms with Crippen LogP contribution in [0.5, 0.6) is 0 Å². The molecule has 1 aromatic carbocycles. The number of amides is 1. The summed E-state index contributed by atoms with van der Waals surface area (Å²) >= 11 is 3.36. The van der Waals surface area contributed by atoms with Crippen LogP contribution >= 0.6 is 15.9 Å². The average Bonchev–Trinajstić information content (AvgIpc) is 2.95. The standard InChI is InChI=1S/C13H10BrN3O2/c1-7-4-12(17-16-7)15-13(18)11-5-8-2-3-9(14)6-10(8)19-11/h2-6H,1H3,(H2,15,16,17,18). The summed E-state index contributed by atoms with van der Waals surface area (Å²) in [6.07, 6.45) is 0. The van der Waals surface area contributed by atoms with Crippen LogP contribution in [0, 0.1) is 6.92 Å². The highest BCUT2D eigenvalue weighted by Gasteiger charge is 2.13. The molecule has 5 nitrogen and oxygen atoms in total. The SMILES string of the molecule is Cc1cc(NC(=O)c2cc3ccc(Br)cc3o2)n[nH]1. The first kappa shape index (κ1) is 12.0. The zero-order chi connectivity index (χ0) is 13.4. The Morgan fingerprint density at radius 1 is 1.37 bits per heavy atom. The molecule has 19 heavy (non-hydrogen) atoms. The van der Waals surface area contributed by atoms with E-state index in [0.717, 1.165) is 15.6 Å². The molecule has 0 saturated carbocycles. The third-order valence-electron chi connectivity index (χ3n) is 2.65. The number of fused-ring (bicyclic) bond motifs is 1. The molecule has 0 radical (unpaired) electrons. The fourth-order valence-corrected chi connectivity index (χ4v) is 2.12. The maximum Gasteiger partial charge on any atom is 0.292 e. The maximum absolute atomic E-state index is 12.0. The molecule has 0 unspecified atom stereocenters. The third kappa shape index (κ3) is 2.39. The lowest BCUT2D eigenvalue weighted by Gasteiger charge is -1.96. The Kier molecular flexibility index (Phi) is 2.87. The van der Waals surface area contributed by atoms with Crippen LogP contribution in [0.25, 0.3) is 11.0 Å². The summed E-state index contributed by atoms with van der Waals surface area (Å²) in [6.45, 7) is 1.86. The lowest BCUT2D eigenvalue weighted by molar-refractivity contribution is 0.0998. The van der Waals surface area contributed by atoms with E-state index in [-0.39, 0.29) is 11.7 Å². The molecule has 6 heteroatoms. The van der Waals surface area contributed by atoms with Crippen LogP contribution in [0.2, 0.25) is 0 Å². The molecule has 0 atom stereocenters. The van der Waals surface area contributed by atoms with Crippen LogP contribution in [0.1, 0.15) is 16.2 Å². The molecule has 2 aromatic heterocycles. The molecule has 1 amide bonds. The molecule has 0 saturated heterocycles. The zero-order valence-corrected chi connectivity index (χ0v) is 11.6. The van der Waals surface area contributed by atoms with Crippen LogP contribution in [-0.2, 0) is 0 Å². The number of nitrogens with one attached hydrogen (secondary N) is 2. The van der Waals surface area contributed by atoms with E-state index in [9.17, 15) is 4.79 Å². The average molecular weight is 320 g/mol. The molecular formula is C13H10BrN3O2. The second kappa shape index (κ2) is 4.55. The van der Waals surface area contributed by atoms with E-state index < -0.39 is 0 Å². The summed E-state index contributed by atoms with van der Waals surface area (Å²) in [5.74, 6) is 0.414. The van der Waals surface area contributed by atoms with Crippen molar-refractivity contribution in [2.75, 3.05) is 5.32 Å². The highest BCUT2D eigenvalue weighted by molar-refractivity contribution is 9.10. The topological polar surface area (TPSA) is 70.9 Å². The number of halogens is 1. The quantitative estimate of drug-likeness (QED) is 0.759. The summed E-state index contributed by atoms with van der Waals surface area (Å²) in [6, 6.07) is 9.06. The van der Waals surface area contributed by atoms with Gasteiger partial charge in [-0.25, -0.2) is 0 Å². The lowest BCUT2D eigenvalue weighted by Crippen LogP contribution is -2.10. The number of furan rings is 1. The lowest BCUT2D eigenvalue weighted by atomic mass is 10.2. The number of aromatic nitrogens is 2. The van der Waals surface area contributed by atoms with Gasteiger partial charge in [0.25, 0.3) is 5.91 Å². The van der Waals surface area contributed by atoms with Gasteiger partial charge in [-0.3, -0.25) is 9.89 Å². The molecule has 0 aliphatic heterocycles. The number of hydrogen-bond acceptors (Lipinski definition) is 3. The molecule has 0 aliphatic rings. The van der Waals surface area contributed by atoms with Crippen molar-refractivity contribution in [3.05, 3.63) is 46.3 Å². The van der Waals surface area contributed by atoms with Gasteiger partial charge in [-0.05, 0) is 31.2 Å². The number of aryl methyl sites for hydroxylation is 1. The summed E-state index contributed by atoms with van der Waals surface area (Å²) in [5, 5.41) is 10.3.